The second-order valence-corrected chi connectivity index (χ2v) is 13.1. The lowest BCUT2D eigenvalue weighted by Gasteiger charge is -2.61. The Morgan fingerprint density at radius 2 is 1.93 bits per heavy atom. The lowest BCUT2D eigenvalue weighted by atomic mass is 9.70. The lowest BCUT2D eigenvalue weighted by Crippen LogP contribution is -2.72. The third-order valence-corrected chi connectivity index (χ3v) is 9.13. The quantitative estimate of drug-likeness (QED) is 0.418. The molecule has 3 aliphatic rings. The Morgan fingerprint density at radius 1 is 1.17 bits per heavy atom. The van der Waals surface area contributed by atoms with E-state index in [-0.39, 0.29) is 11.3 Å². The Hall–Kier alpha value is -3.68. The summed E-state index contributed by atoms with van der Waals surface area (Å²) in [5.74, 6) is 2.23. The molecule has 3 aliphatic heterocycles. The molecule has 3 aromatic rings. The van der Waals surface area contributed by atoms with Gasteiger partial charge in [-0.05, 0) is 50.9 Å². The van der Waals surface area contributed by atoms with Gasteiger partial charge in [-0.2, -0.15) is 10.4 Å². The molecule has 3 saturated heterocycles. The number of hydrogen-bond donors (Lipinski definition) is 1. The first-order valence-corrected chi connectivity index (χ1v) is 15.2. The van der Waals surface area contributed by atoms with E-state index in [1.165, 1.54) is 13.1 Å². The largest absolute Gasteiger partial charge is 0.492 e. The number of aromatic nitrogens is 3. The van der Waals surface area contributed by atoms with E-state index < -0.39 is 0 Å². The number of nitriles is 1. The average Bonchev–Trinajstić information content (AvgIpc) is 3.37. The van der Waals surface area contributed by atoms with E-state index in [9.17, 15) is 10.1 Å². The SMILES string of the molecule is CCOc1cc(-c2ccc(N3CCC(CN4CC5(CN(C)C5)C4)(C(=O)NCC(C)C)CC3)nc2)c2c(C#N)cnn2c1. The monoisotopic (exact) mass is 570 g/mol. The number of fused-ring (bicyclic) bond motifs is 1. The van der Waals surface area contributed by atoms with Gasteiger partial charge in [0.25, 0.3) is 0 Å². The number of piperidine rings is 1. The highest BCUT2D eigenvalue weighted by atomic mass is 16.5. The number of pyridine rings is 2. The molecule has 0 radical (unpaired) electrons. The molecule has 0 unspecified atom stereocenters. The predicted octanol–water partition coefficient (Wildman–Crippen LogP) is 3.27. The van der Waals surface area contributed by atoms with E-state index in [1.54, 1.807) is 16.9 Å². The number of anilines is 1. The van der Waals surface area contributed by atoms with Gasteiger partial charge < -0.3 is 24.8 Å². The average molecular weight is 571 g/mol. The minimum atomic E-state index is -0.371. The van der Waals surface area contributed by atoms with Gasteiger partial charge >= 0.3 is 0 Å². The van der Waals surface area contributed by atoms with Crippen molar-refractivity contribution in [3.8, 4) is 22.9 Å². The smallest absolute Gasteiger partial charge is 0.227 e. The minimum Gasteiger partial charge on any atom is -0.492 e. The molecule has 222 valence electrons. The fourth-order valence-corrected chi connectivity index (χ4v) is 7.22. The molecule has 0 atom stereocenters. The van der Waals surface area contributed by atoms with Crippen molar-refractivity contribution >= 4 is 17.2 Å². The van der Waals surface area contributed by atoms with Gasteiger partial charge in [0.15, 0.2) is 0 Å². The van der Waals surface area contributed by atoms with Crippen LogP contribution in [0, 0.1) is 28.1 Å². The first kappa shape index (κ1) is 28.4. The summed E-state index contributed by atoms with van der Waals surface area (Å²) in [6, 6.07) is 8.29. The van der Waals surface area contributed by atoms with Crippen molar-refractivity contribution in [2.24, 2.45) is 16.7 Å². The van der Waals surface area contributed by atoms with E-state index in [4.69, 9.17) is 9.72 Å². The van der Waals surface area contributed by atoms with Crippen LogP contribution in [0.2, 0.25) is 0 Å². The Bertz CT molecular complexity index is 1470. The maximum absolute atomic E-state index is 13.6. The topological polar surface area (TPSA) is 102 Å². The number of nitrogens with one attached hydrogen (secondary N) is 1. The van der Waals surface area contributed by atoms with E-state index in [0.717, 1.165) is 68.0 Å². The molecule has 6 heterocycles. The van der Waals surface area contributed by atoms with Crippen LogP contribution in [-0.2, 0) is 4.79 Å². The van der Waals surface area contributed by atoms with E-state index in [0.29, 0.717) is 35.8 Å². The molecule has 42 heavy (non-hydrogen) atoms. The molecule has 6 rings (SSSR count). The number of nitrogens with zero attached hydrogens (tertiary/aromatic N) is 7. The van der Waals surface area contributed by atoms with Crippen molar-refractivity contribution < 1.29 is 9.53 Å². The summed E-state index contributed by atoms with van der Waals surface area (Å²) in [4.78, 5) is 25.7. The maximum Gasteiger partial charge on any atom is 0.227 e. The van der Waals surface area contributed by atoms with Crippen LogP contribution in [0.3, 0.4) is 0 Å². The summed E-state index contributed by atoms with van der Waals surface area (Å²) < 4.78 is 7.46. The van der Waals surface area contributed by atoms with E-state index in [1.807, 2.05) is 31.3 Å². The van der Waals surface area contributed by atoms with Crippen molar-refractivity contribution in [1.29, 1.82) is 5.26 Å². The Morgan fingerprint density at radius 3 is 2.55 bits per heavy atom. The molecule has 10 heteroatoms. The minimum absolute atomic E-state index is 0.207. The summed E-state index contributed by atoms with van der Waals surface area (Å²) in [6.45, 7) is 14.4. The molecule has 0 bridgehead atoms. The zero-order valence-corrected chi connectivity index (χ0v) is 25.3. The standard InChI is InChI=1S/C32H42N8O2/c1-5-42-26-12-27(29-25(13-33)16-36-40(29)17-26)24-6-7-28(34-15-24)39-10-8-32(9-11-39,30(41)35-14-23(2)3)22-38-20-31(21-38)18-37(4)19-31/h6-7,12,15-17,23H,5,8-11,14,18-22H2,1-4H3,(H,35,41). The summed E-state index contributed by atoms with van der Waals surface area (Å²) >= 11 is 0. The normalized spacial score (nSPS) is 19.9. The number of likely N-dealkylation sites (tertiary alicyclic amines) is 2. The van der Waals surface area contributed by atoms with Gasteiger partial charge in [0.2, 0.25) is 5.91 Å². The van der Waals surface area contributed by atoms with Crippen molar-refractivity contribution in [2.45, 2.75) is 33.6 Å². The van der Waals surface area contributed by atoms with E-state index >= 15 is 0 Å². The molecule has 3 aromatic heterocycles. The molecular weight excluding hydrogens is 528 g/mol. The summed E-state index contributed by atoms with van der Waals surface area (Å²) in [5.41, 5.74) is 3.09. The first-order valence-electron chi connectivity index (χ1n) is 15.2. The number of ether oxygens (including phenoxy) is 1. The molecule has 10 nitrogen and oxygen atoms in total. The molecule has 1 N–H and O–H groups in total. The van der Waals surface area contributed by atoms with Crippen LogP contribution in [0.25, 0.3) is 16.6 Å². The third kappa shape index (κ3) is 5.32. The number of carbonyl (C=O) groups excluding carboxylic acids is 1. The number of hydrogen-bond acceptors (Lipinski definition) is 8. The fraction of sp³-hybridized carbons (Fsp3) is 0.562. The molecule has 3 fully saturated rings. The zero-order chi connectivity index (χ0) is 29.5. The number of carbonyl (C=O) groups is 1. The fourth-order valence-electron chi connectivity index (χ4n) is 7.22. The molecule has 1 amide bonds. The highest BCUT2D eigenvalue weighted by Gasteiger charge is 2.53. The van der Waals surface area contributed by atoms with E-state index in [2.05, 4.69) is 52.1 Å². The van der Waals surface area contributed by atoms with Crippen molar-refractivity contribution in [3.05, 3.63) is 42.4 Å². The van der Waals surface area contributed by atoms with Crippen LogP contribution in [-0.4, -0.2) is 96.3 Å². The van der Waals surface area contributed by atoms with Gasteiger partial charge in [-0.3, -0.25) is 4.79 Å². The van der Waals surface area contributed by atoms with Crippen LogP contribution < -0.4 is 15.0 Å². The maximum atomic E-state index is 13.6. The van der Waals surface area contributed by atoms with Crippen molar-refractivity contribution in [2.75, 3.05) is 70.9 Å². The summed E-state index contributed by atoms with van der Waals surface area (Å²) in [7, 11) is 2.19. The van der Waals surface area contributed by atoms with Crippen LogP contribution >= 0.6 is 0 Å². The molecular formula is C32H42N8O2. The molecule has 1 spiro atoms. The van der Waals surface area contributed by atoms with Crippen LogP contribution in [0.1, 0.15) is 39.2 Å². The van der Waals surface area contributed by atoms with Gasteiger partial charge in [-0.1, -0.05) is 13.8 Å². The van der Waals surface area contributed by atoms with Gasteiger partial charge in [0.1, 0.15) is 17.6 Å². The van der Waals surface area contributed by atoms with Crippen LogP contribution in [0.15, 0.2) is 36.8 Å². The van der Waals surface area contributed by atoms with Crippen LogP contribution in [0.4, 0.5) is 5.82 Å². The predicted molar refractivity (Wildman–Crippen MR) is 162 cm³/mol. The number of amides is 1. The second kappa shape index (κ2) is 11.2. The molecule has 0 aliphatic carbocycles. The number of rotatable bonds is 9. The Balaban J connectivity index is 1.17. The summed E-state index contributed by atoms with van der Waals surface area (Å²) in [6.07, 6.45) is 6.86. The molecule has 0 saturated carbocycles. The van der Waals surface area contributed by atoms with Gasteiger partial charge in [0, 0.05) is 75.1 Å². The Kier molecular flexibility index (Phi) is 7.58. The van der Waals surface area contributed by atoms with Crippen LogP contribution in [0.5, 0.6) is 5.75 Å². The van der Waals surface area contributed by atoms with Crippen molar-refractivity contribution in [3.63, 3.8) is 0 Å². The highest BCUT2D eigenvalue weighted by molar-refractivity contribution is 5.85. The van der Waals surface area contributed by atoms with Gasteiger partial charge in [0.05, 0.1) is 35.5 Å². The second-order valence-electron chi connectivity index (χ2n) is 13.1. The lowest BCUT2D eigenvalue weighted by molar-refractivity contribution is -0.144. The molecule has 0 aromatic carbocycles. The van der Waals surface area contributed by atoms with Crippen molar-refractivity contribution in [1.82, 2.24) is 29.7 Å². The summed E-state index contributed by atoms with van der Waals surface area (Å²) in [5, 5.41) is 17.3. The first-order chi connectivity index (χ1) is 20.2. The Labute approximate surface area is 248 Å². The van der Waals surface area contributed by atoms with Gasteiger partial charge in [-0.25, -0.2) is 9.50 Å². The highest BCUT2D eigenvalue weighted by Crippen LogP contribution is 2.43. The third-order valence-electron chi connectivity index (χ3n) is 9.13. The van der Waals surface area contributed by atoms with Gasteiger partial charge in [-0.15, -0.1) is 0 Å². The zero-order valence-electron chi connectivity index (χ0n) is 25.3.